The summed E-state index contributed by atoms with van der Waals surface area (Å²) in [5.74, 6) is 1.33. The summed E-state index contributed by atoms with van der Waals surface area (Å²) in [6.07, 6.45) is 1.04. The van der Waals surface area contributed by atoms with E-state index in [-0.39, 0.29) is 0 Å². The third-order valence-corrected chi connectivity index (χ3v) is 4.13. The Balaban J connectivity index is 1.99. The molecule has 5 nitrogen and oxygen atoms in total. The minimum atomic E-state index is 0.291. The lowest BCUT2D eigenvalue weighted by molar-refractivity contribution is 0.239. The van der Waals surface area contributed by atoms with Gasteiger partial charge in [0.1, 0.15) is 0 Å². The van der Waals surface area contributed by atoms with Crippen molar-refractivity contribution in [2.75, 3.05) is 37.6 Å². The van der Waals surface area contributed by atoms with Crippen LogP contribution in [0.2, 0.25) is 0 Å². The Labute approximate surface area is 128 Å². The molecule has 118 valence electrons. The second-order valence-corrected chi connectivity index (χ2v) is 6.34. The first-order valence-corrected chi connectivity index (χ1v) is 8.08. The van der Waals surface area contributed by atoms with Gasteiger partial charge in [0.2, 0.25) is 5.95 Å². The van der Waals surface area contributed by atoms with Crippen molar-refractivity contribution < 1.29 is 0 Å². The molecule has 1 aliphatic rings. The maximum absolute atomic E-state index is 6.04. The highest BCUT2D eigenvalue weighted by atomic mass is 15.3. The van der Waals surface area contributed by atoms with Crippen molar-refractivity contribution in [3.05, 3.63) is 17.5 Å². The van der Waals surface area contributed by atoms with E-state index in [1.165, 1.54) is 0 Å². The van der Waals surface area contributed by atoms with Crippen LogP contribution in [0.5, 0.6) is 0 Å². The Morgan fingerprint density at radius 3 is 2.43 bits per heavy atom. The Bertz CT molecular complexity index is 452. The van der Waals surface area contributed by atoms with E-state index in [1.807, 2.05) is 6.92 Å². The summed E-state index contributed by atoms with van der Waals surface area (Å²) in [5.41, 5.74) is 8.23. The van der Waals surface area contributed by atoms with Crippen LogP contribution in [0, 0.1) is 6.92 Å². The van der Waals surface area contributed by atoms with E-state index < -0.39 is 0 Å². The summed E-state index contributed by atoms with van der Waals surface area (Å²) in [6.45, 7) is 13.6. The molecular formula is C16H29N5. The first-order chi connectivity index (χ1) is 9.99. The third-order valence-electron chi connectivity index (χ3n) is 4.13. The van der Waals surface area contributed by atoms with Crippen LogP contribution in [0.15, 0.2) is 6.07 Å². The van der Waals surface area contributed by atoms with Crippen LogP contribution in [-0.4, -0.2) is 53.6 Å². The van der Waals surface area contributed by atoms with Crippen molar-refractivity contribution in [2.24, 2.45) is 5.73 Å². The zero-order valence-corrected chi connectivity index (χ0v) is 13.8. The molecule has 5 heteroatoms. The van der Waals surface area contributed by atoms with Crippen molar-refractivity contribution >= 4 is 5.95 Å². The van der Waals surface area contributed by atoms with Gasteiger partial charge in [0.05, 0.1) is 0 Å². The van der Waals surface area contributed by atoms with Crippen LogP contribution in [0.1, 0.15) is 44.5 Å². The van der Waals surface area contributed by atoms with Gasteiger partial charge < -0.3 is 10.6 Å². The fourth-order valence-electron chi connectivity index (χ4n) is 2.61. The predicted molar refractivity (Wildman–Crippen MR) is 87.8 cm³/mol. The first-order valence-electron chi connectivity index (χ1n) is 8.08. The molecule has 1 aliphatic heterocycles. The molecule has 21 heavy (non-hydrogen) atoms. The zero-order valence-electron chi connectivity index (χ0n) is 13.8. The van der Waals surface area contributed by atoms with Crippen LogP contribution >= 0.6 is 0 Å². The van der Waals surface area contributed by atoms with E-state index in [0.29, 0.717) is 12.0 Å². The molecule has 1 saturated heterocycles. The maximum Gasteiger partial charge on any atom is 0.225 e. The Morgan fingerprint density at radius 1 is 1.19 bits per heavy atom. The summed E-state index contributed by atoms with van der Waals surface area (Å²) in [4.78, 5) is 14.1. The summed E-state index contributed by atoms with van der Waals surface area (Å²) < 4.78 is 0. The molecule has 1 aromatic heterocycles. The lowest BCUT2D eigenvalue weighted by Crippen LogP contribution is -2.50. The fraction of sp³-hybridized carbons (Fsp3) is 0.750. The van der Waals surface area contributed by atoms with Gasteiger partial charge in [0.25, 0.3) is 0 Å². The molecule has 0 amide bonds. The Hall–Kier alpha value is -1.20. The van der Waals surface area contributed by atoms with Crippen LogP contribution in [0.3, 0.4) is 0 Å². The molecule has 1 unspecified atom stereocenters. The standard InChI is InChI=1S/C16H29N5/c1-5-14(17)11-20-6-8-21(9-7-20)16-18-13(4)10-15(19-16)12(2)3/h10,12,14H,5-9,11,17H2,1-4H3. The highest BCUT2D eigenvalue weighted by Gasteiger charge is 2.20. The van der Waals surface area contributed by atoms with Gasteiger partial charge in [0.15, 0.2) is 0 Å². The van der Waals surface area contributed by atoms with Crippen LogP contribution in [0.4, 0.5) is 5.95 Å². The quantitative estimate of drug-likeness (QED) is 0.896. The number of anilines is 1. The minimum Gasteiger partial charge on any atom is -0.338 e. The number of aromatic nitrogens is 2. The Morgan fingerprint density at radius 2 is 1.86 bits per heavy atom. The van der Waals surface area contributed by atoms with Gasteiger partial charge in [0, 0.05) is 50.2 Å². The molecule has 2 heterocycles. The van der Waals surface area contributed by atoms with Crippen LogP contribution in [-0.2, 0) is 0 Å². The number of rotatable bonds is 5. The summed E-state index contributed by atoms with van der Waals surface area (Å²) >= 11 is 0. The summed E-state index contributed by atoms with van der Waals surface area (Å²) in [7, 11) is 0. The number of hydrogen-bond donors (Lipinski definition) is 1. The van der Waals surface area contributed by atoms with E-state index in [1.54, 1.807) is 0 Å². The molecule has 1 fully saturated rings. The normalized spacial score (nSPS) is 18.3. The van der Waals surface area contributed by atoms with E-state index >= 15 is 0 Å². The molecule has 1 atom stereocenters. The molecule has 0 aromatic carbocycles. The Kier molecular flexibility index (Phi) is 5.53. The molecule has 0 spiro atoms. The van der Waals surface area contributed by atoms with Crippen molar-refractivity contribution in [3.63, 3.8) is 0 Å². The number of aryl methyl sites for hydroxylation is 1. The van der Waals surface area contributed by atoms with Gasteiger partial charge in [-0.25, -0.2) is 9.97 Å². The van der Waals surface area contributed by atoms with Gasteiger partial charge >= 0.3 is 0 Å². The fourth-order valence-corrected chi connectivity index (χ4v) is 2.61. The van der Waals surface area contributed by atoms with Gasteiger partial charge in [-0.15, -0.1) is 0 Å². The molecule has 0 radical (unpaired) electrons. The lowest BCUT2D eigenvalue weighted by Gasteiger charge is -2.36. The predicted octanol–water partition coefficient (Wildman–Crippen LogP) is 1.77. The second kappa shape index (κ2) is 7.18. The first kappa shape index (κ1) is 16.2. The molecule has 0 bridgehead atoms. The lowest BCUT2D eigenvalue weighted by atomic mass is 10.1. The zero-order chi connectivity index (χ0) is 15.4. The van der Waals surface area contributed by atoms with E-state index in [2.05, 4.69) is 41.6 Å². The molecular weight excluding hydrogens is 262 g/mol. The number of hydrogen-bond acceptors (Lipinski definition) is 5. The van der Waals surface area contributed by atoms with Gasteiger partial charge in [-0.1, -0.05) is 20.8 Å². The van der Waals surface area contributed by atoms with E-state index in [4.69, 9.17) is 10.7 Å². The van der Waals surface area contributed by atoms with Gasteiger partial charge in [-0.05, 0) is 25.3 Å². The third kappa shape index (κ3) is 4.38. The monoisotopic (exact) mass is 291 g/mol. The van der Waals surface area contributed by atoms with E-state index in [0.717, 1.165) is 56.5 Å². The smallest absolute Gasteiger partial charge is 0.225 e. The molecule has 2 rings (SSSR count). The maximum atomic E-state index is 6.04. The highest BCUT2D eigenvalue weighted by Crippen LogP contribution is 2.18. The van der Waals surface area contributed by atoms with Crippen molar-refractivity contribution in [3.8, 4) is 0 Å². The van der Waals surface area contributed by atoms with Crippen molar-refractivity contribution in [1.82, 2.24) is 14.9 Å². The van der Waals surface area contributed by atoms with Crippen LogP contribution < -0.4 is 10.6 Å². The molecule has 0 saturated carbocycles. The molecule has 2 N–H and O–H groups in total. The van der Waals surface area contributed by atoms with Crippen molar-refractivity contribution in [1.29, 1.82) is 0 Å². The highest BCUT2D eigenvalue weighted by molar-refractivity contribution is 5.33. The van der Waals surface area contributed by atoms with Gasteiger partial charge in [-0.2, -0.15) is 0 Å². The molecule has 1 aromatic rings. The minimum absolute atomic E-state index is 0.291. The number of piperazine rings is 1. The summed E-state index contributed by atoms with van der Waals surface area (Å²) in [6, 6.07) is 2.38. The summed E-state index contributed by atoms with van der Waals surface area (Å²) in [5, 5.41) is 0. The van der Waals surface area contributed by atoms with Crippen LogP contribution in [0.25, 0.3) is 0 Å². The second-order valence-electron chi connectivity index (χ2n) is 6.34. The average molecular weight is 291 g/mol. The van der Waals surface area contributed by atoms with Gasteiger partial charge in [-0.3, -0.25) is 4.90 Å². The van der Waals surface area contributed by atoms with E-state index in [9.17, 15) is 0 Å². The molecule has 0 aliphatic carbocycles. The topological polar surface area (TPSA) is 58.3 Å². The average Bonchev–Trinajstić information content (AvgIpc) is 2.47. The SMILES string of the molecule is CCC(N)CN1CCN(c2nc(C)cc(C(C)C)n2)CC1. The van der Waals surface area contributed by atoms with Crippen molar-refractivity contribution in [2.45, 2.75) is 46.1 Å². The number of nitrogens with two attached hydrogens (primary N) is 1. The largest absolute Gasteiger partial charge is 0.338 e. The number of nitrogens with zero attached hydrogens (tertiary/aromatic N) is 4.